The van der Waals surface area contributed by atoms with Gasteiger partial charge in [0.05, 0.1) is 5.02 Å². The number of rotatable bonds is 4. The highest BCUT2D eigenvalue weighted by Gasteiger charge is 2.25. The van der Waals surface area contributed by atoms with Gasteiger partial charge in [0.2, 0.25) is 0 Å². The normalized spacial score (nSPS) is 15.0. The molecule has 0 saturated carbocycles. The van der Waals surface area contributed by atoms with E-state index in [1.54, 1.807) is 24.3 Å². The van der Waals surface area contributed by atoms with Gasteiger partial charge < -0.3 is 9.42 Å². The number of amides is 1. The van der Waals surface area contributed by atoms with Crippen LogP contribution in [0.25, 0.3) is 11.3 Å². The maximum Gasteiger partial charge on any atom is 0.276 e. The van der Waals surface area contributed by atoms with Crippen molar-refractivity contribution in [3.8, 4) is 11.3 Å². The summed E-state index contributed by atoms with van der Waals surface area (Å²) in [6.45, 7) is 3.87. The van der Waals surface area contributed by atoms with Crippen LogP contribution in [-0.4, -0.2) is 47.0 Å². The summed E-state index contributed by atoms with van der Waals surface area (Å²) in [5.41, 5.74) is 2.23. The molecule has 3 aromatic rings. The molecule has 0 spiro atoms. The predicted molar refractivity (Wildman–Crippen MR) is 110 cm³/mol. The van der Waals surface area contributed by atoms with Crippen LogP contribution in [0.1, 0.15) is 16.1 Å². The first-order valence-corrected chi connectivity index (χ1v) is 9.83. The number of carbonyl (C=O) groups is 1. The van der Waals surface area contributed by atoms with Gasteiger partial charge in [-0.2, -0.15) is 0 Å². The molecule has 2 heterocycles. The summed E-state index contributed by atoms with van der Waals surface area (Å²) in [4.78, 5) is 16.9. The Kier molecular flexibility index (Phi) is 5.67. The van der Waals surface area contributed by atoms with Gasteiger partial charge in [0, 0.05) is 49.4 Å². The van der Waals surface area contributed by atoms with Gasteiger partial charge in [-0.15, -0.1) is 0 Å². The third kappa shape index (κ3) is 4.22. The van der Waals surface area contributed by atoms with Crippen molar-refractivity contribution in [1.29, 1.82) is 0 Å². The third-order valence-electron chi connectivity index (χ3n) is 4.83. The molecule has 144 valence electrons. The van der Waals surface area contributed by atoms with Crippen LogP contribution in [0, 0.1) is 0 Å². The molecule has 2 aromatic carbocycles. The molecule has 0 radical (unpaired) electrons. The summed E-state index contributed by atoms with van der Waals surface area (Å²) in [5, 5.41) is 4.94. The fourth-order valence-corrected chi connectivity index (χ4v) is 3.81. The SMILES string of the molecule is O=C(c1cc(-c2ccc(Cl)cc2Cl)on1)N1CCN(Cc2ccccc2)CC1. The van der Waals surface area contributed by atoms with Crippen molar-refractivity contribution >= 4 is 29.1 Å². The van der Waals surface area contributed by atoms with Crippen molar-refractivity contribution < 1.29 is 9.32 Å². The first-order valence-electron chi connectivity index (χ1n) is 9.08. The van der Waals surface area contributed by atoms with E-state index in [1.807, 2.05) is 23.1 Å². The Morgan fingerprint density at radius 3 is 2.46 bits per heavy atom. The first kappa shape index (κ1) is 19.0. The molecule has 0 atom stereocenters. The van der Waals surface area contributed by atoms with Crippen molar-refractivity contribution in [2.45, 2.75) is 6.54 Å². The highest BCUT2D eigenvalue weighted by atomic mass is 35.5. The molecular formula is C21H19Cl2N3O2. The molecule has 1 amide bonds. The number of benzene rings is 2. The van der Waals surface area contributed by atoms with Crippen LogP contribution < -0.4 is 0 Å². The fraction of sp³-hybridized carbons (Fsp3) is 0.238. The summed E-state index contributed by atoms with van der Waals surface area (Å²) < 4.78 is 5.35. The Hall–Kier alpha value is -2.34. The summed E-state index contributed by atoms with van der Waals surface area (Å²) >= 11 is 12.1. The second-order valence-corrected chi connectivity index (χ2v) is 7.60. The van der Waals surface area contributed by atoms with Gasteiger partial charge in [0.25, 0.3) is 5.91 Å². The minimum atomic E-state index is -0.126. The Morgan fingerprint density at radius 2 is 1.75 bits per heavy atom. The fourth-order valence-electron chi connectivity index (χ4n) is 3.30. The zero-order valence-electron chi connectivity index (χ0n) is 15.1. The van der Waals surface area contributed by atoms with Gasteiger partial charge in [-0.25, -0.2) is 0 Å². The zero-order valence-corrected chi connectivity index (χ0v) is 16.7. The van der Waals surface area contributed by atoms with E-state index in [2.05, 4.69) is 22.2 Å². The van der Waals surface area contributed by atoms with E-state index in [0.29, 0.717) is 34.5 Å². The van der Waals surface area contributed by atoms with Gasteiger partial charge in [-0.1, -0.05) is 58.7 Å². The lowest BCUT2D eigenvalue weighted by Gasteiger charge is -2.34. The smallest absolute Gasteiger partial charge is 0.276 e. The molecule has 1 aromatic heterocycles. The number of aromatic nitrogens is 1. The van der Waals surface area contributed by atoms with E-state index < -0.39 is 0 Å². The second-order valence-electron chi connectivity index (χ2n) is 6.75. The number of halogens is 2. The number of hydrogen-bond acceptors (Lipinski definition) is 4. The van der Waals surface area contributed by atoms with Crippen LogP contribution in [0.5, 0.6) is 0 Å². The monoisotopic (exact) mass is 415 g/mol. The average Bonchev–Trinajstić information content (AvgIpc) is 3.19. The molecule has 7 heteroatoms. The molecule has 0 bridgehead atoms. The lowest BCUT2D eigenvalue weighted by molar-refractivity contribution is 0.0618. The molecule has 0 unspecified atom stereocenters. The van der Waals surface area contributed by atoms with Gasteiger partial charge >= 0.3 is 0 Å². The summed E-state index contributed by atoms with van der Waals surface area (Å²) in [5.74, 6) is 0.326. The number of nitrogens with zero attached hydrogens (tertiary/aromatic N) is 3. The second kappa shape index (κ2) is 8.35. The molecule has 28 heavy (non-hydrogen) atoms. The van der Waals surface area contributed by atoms with Crippen LogP contribution in [-0.2, 0) is 6.54 Å². The maximum atomic E-state index is 12.8. The molecule has 5 nitrogen and oxygen atoms in total. The Labute approximate surface area is 173 Å². The van der Waals surface area contributed by atoms with Crippen molar-refractivity contribution in [2.24, 2.45) is 0 Å². The molecule has 1 aliphatic heterocycles. The van der Waals surface area contributed by atoms with E-state index in [0.717, 1.165) is 19.6 Å². The lowest BCUT2D eigenvalue weighted by Crippen LogP contribution is -2.48. The quantitative estimate of drug-likeness (QED) is 0.624. The van der Waals surface area contributed by atoms with Crippen LogP contribution in [0.2, 0.25) is 10.0 Å². The third-order valence-corrected chi connectivity index (χ3v) is 5.38. The molecule has 4 rings (SSSR count). The Morgan fingerprint density at radius 1 is 1.00 bits per heavy atom. The van der Waals surface area contributed by atoms with Gasteiger partial charge in [0.1, 0.15) is 0 Å². The molecular weight excluding hydrogens is 397 g/mol. The van der Waals surface area contributed by atoms with Crippen LogP contribution in [0.15, 0.2) is 59.1 Å². The van der Waals surface area contributed by atoms with E-state index in [1.165, 1.54) is 5.56 Å². The first-order chi connectivity index (χ1) is 13.6. The Balaban J connectivity index is 1.39. The molecule has 1 aliphatic rings. The molecule has 0 N–H and O–H groups in total. The van der Waals surface area contributed by atoms with Crippen molar-refractivity contribution in [3.05, 3.63) is 75.9 Å². The van der Waals surface area contributed by atoms with E-state index in [4.69, 9.17) is 27.7 Å². The largest absolute Gasteiger partial charge is 0.355 e. The van der Waals surface area contributed by atoms with Crippen molar-refractivity contribution in [3.63, 3.8) is 0 Å². The standard InChI is InChI=1S/C21H19Cl2N3O2/c22-16-6-7-17(18(23)12-16)20-13-19(24-28-20)21(27)26-10-8-25(9-11-26)14-15-4-2-1-3-5-15/h1-7,12-13H,8-11,14H2. The average molecular weight is 416 g/mol. The highest BCUT2D eigenvalue weighted by molar-refractivity contribution is 6.36. The van der Waals surface area contributed by atoms with E-state index >= 15 is 0 Å². The maximum absolute atomic E-state index is 12.8. The van der Waals surface area contributed by atoms with Gasteiger partial charge in [-0.05, 0) is 23.8 Å². The summed E-state index contributed by atoms with van der Waals surface area (Å²) in [7, 11) is 0. The summed E-state index contributed by atoms with van der Waals surface area (Å²) in [6.07, 6.45) is 0. The molecule has 0 aliphatic carbocycles. The molecule has 1 saturated heterocycles. The van der Waals surface area contributed by atoms with E-state index in [9.17, 15) is 4.79 Å². The zero-order chi connectivity index (χ0) is 19.5. The van der Waals surface area contributed by atoms with Gasteiger partial charge in [0.15, 0.2) is 11.5 Å². The van der Waals surface area contributed by atoms with E-state index in [-0.39, 0.29) is 11.6 Å². The Bertz CT molecular complexity index is 967. The predicted octanol–water partition coefficient (Wildman–Crippen LogP) is 4.61. The summed E-state index contributed by atoms with van der Waals surface area (Å²) in [6, 6.07) is 17.1. The lowest BCUT2D eigenvalue weighted by atomic mass is 10.1. The highest BCUT2D eigenvalue weighted by Crippen LogP contribution is 2.31. The number of piperazine rings is 1. The topological polar surface area (TPSA) is 49.6 Å². The number of carbonyl (C=O) groups excluding carboxylic acids is 1. The van der Waals surface area contributed by atoms with Crippen molar-refractivity contribution in [1.82, 2.24) is 15.0 Å². The van der Waals surface area contributed by atoms with Crippen LogP contribution >= 0.6 is 23.2 Å². The van der Waals surface area contributed by atoms with Gasteiger partial charge in [-0.3, -0.25) is 9.69 Å². The number of hydrogen-bond donors (Lipinski definition) is 0. The minimum Gasteiger partial charge on any atom is -0.355 e. The van der Waals surface area contributed by atoms with Crippen LogP contribution in [0.3, 0.4) is 0 Å². The van der Waals surface area contributed by atoms with Crippen LogP contribution in [0.4, 0.5) is 0 Å². The van der Waals surface area contributed by atoms with Crippen molar-refractivity contribution in [2.75, 3.05) is 26.2 Å². The molecule has 1 fully saturated rings. The minimum absolute atomic E-state index is 0.126.